The lowest BCUT2D eigenvalue weighted by molar-refractivity contribution is 0.628. The Hall–Kier alpha value is -2.53. The molecular weight excluding hydrogens is 315 g/mol. The van der Waals surface area contributed by atoms with Crippen LogP contribution in [0.4, 0.5) is 10.2 Å². The van der Waals surface area contributed by atoms with Crippen molar-refractivity contribution in [1.82, 2.24) is 15.0 Å². The average molecular weight is 329 g/mol. The maximum atomic E-state index is 13.2. The van der Waals surface area contributed by atoms with Crippen LogP contribution in [0, 0.1) is 5.82 Å². The van der Waals surface area contributed by atoms with E-state index in [2.05, 4.69) is 20.3 Å². The van der Waals surface area contributed by atoms with Crippen molar-refractivity contribution in [2.75, 3.05) is 11.9 Å². The molecule has 0 fully saturated rings. The molecular formula is C17H14ClFN4. The van der Waals surface area contributed by atoms with Crippen LogP contribution < -0.4 is 5.32 Å². The third-order valence-corrected chi connectivity index (χ3v) is 3.58. The summed E-state index contributed by atoms with van der Waals surface area (Å²) in [4.78, 5) is 12.7. The van der Waals surface area contributed by atoms with Gasteiger partial charge in [0.15, 0.2) is 0 Å². The zero-order valence-corrected chi connectivity index (χ0v) is 13.0. The SMILES string of the molecule is Fc1ccc(-c2cncc(NCCc3cccnc3)n2)cc1Cl. The Labute approximate surface area is 138 Å². The van der Waals surface area contributed by atoms with E-state index in [0.29, 0.717) is 18.1 Å². The highest BCUT2D eigenvalue weighted by Gasteiger charge is 2.06. The Morgan fingerprint density at radius 2 is 2.00 bits per heavy atom. The van der Waals surface area contributed by atoms with Gasteiger partial charge < -0.3 is 5.32 Å². The molecule has 0 aliphatic rings. The Morgan fingerprint density at radius 3 is 2.78 bits per heavy atom. The fourth-order valence-corrected chi connectivity index (χ4v) is 2.31. The second-order valence-corrected chi connectivity index (χ2v) is 5.36. The number of halogens is 2. The summed E-state index contributed by atoms with van der Waals surface area (Å²) in [5, 5.41) is 3.29. The molecule has 4 nitrogen and oxygen atoms in total. The minimum absolute atomic E-state index is 0.0687. The van der Waals surface area contributed by atoms with E-state index in [1.165, 1.54) is 6.07 Å². The van der Waals surface area contributed by atoms with Crippen molar-refractivity contribution in [3.05, 3.63) is 71.5 Å². The molecule has 0 spiro atoms. The smallest absolute Gasteiger partial charge is 0.145 e. The Kier molecular flexibility index (Phi) is 4.78. The van der Waals surface area contributed by atoms with E-state index in [1.807, 2.05) is 18.3 Å². The molecule has 0 unspecified atom stereocenters. The molecule has 0 saturated heterocycles. The van der Waals surface area contributed by atoms with Gasteiger partial charge in [-0.3, -0.25) is 9.97 Å². The maximum absolute atomic E-state index is 13.2. The van der Waals surface area contributed by atoms with E-state index in [-0.39, 0.29) is 5.02 Å². The number of hydrogen-bond acceptors (Lipinski definition) is 4. The van der Waals surface area contributed by atoms with Gasteiger partial charge >= 0.3 is 0 Å². The van der Waals surface area contributed by atoms with Crippen molar-refractivity contribution < 1.29 is 4.39 Å². The van der Waals surface area contributed by atoms with Crippen molar-refractivity contribution in [1.29, 1.82) is 0 Å². The molecule has 0 bridgehead atoms. The van der Waals surface area contributed by atoms with Gasteiger partial charge in [-0.15, -0.1) is 0 Å². The number of pyridine rings is 1. The first kappa shape index (κ1) is 15.4. The zero-order chi connectivity index (χ0) is 16.1. The van der Waals surface area contributed by atoms with Crippen LogP contribution in [-0.4, -0.2) is 21.5 Å². The van der Waals surface area contributed by atoms with E-state index < -0.39 is 5.82 Å². The molecule has 23 heavy (non-hydrogen) atoms. The molecule has 1 N–H and O–H groups in total. The van der Waals surface area contributed by atoms with Crippen LogP contribution in [0.25, 0.3) is 11.3 Å². The van der Waals surface area contributed by atoms with Crippen LogP contribution in [0.1, 0.15) is 5.56 Å². The first-order valence-corrected chi connectivity index (χ1v) is 7.50. The molecule has 3 rings (SSSR count). The topological polar surface area (TPSA) is 50.7 Å². The van der Waals surface area contributed by atoms with Crippen molar-refractivity contribution in [3.8, 4) is 11.3 Å². The van der Waals surface area contributed by atoms with Crippen LogP contribution in [0.15, 0.2) is 55.1 Å². The summed E-state index contributed by atoms with van der Waals surface area (Å²) in [6, 6.07) is 8.43. The van der Waals surface area contributed by atoms with Gasteiger partial charge in [-0.25, -0.2) is 9.37 Å². The summed E-state index contributed by atoms with van der Waals surface area (Å²) >= 11 is 5.81. The van der Waals surface area contributed by atoms with Crippen LogP contribution >= 0.6 is 11.6 Å². The largest absolute Gasteiger partial charge is 0.368 e. The van der Waals surface area contributed by atoms with E-state index in [9.17, 15) is 4.39 Å². The first-order chi connectivity index (χ1) is 11.2. The normalized spacial score (nSPS) is 10.5. The van der Waals surface area contributed by atoms with Crippen molar-refractivity contribution in [2.45, 2.75) is 6.42 Å². The van der Waals surface area contributed by atoms with Crippen LogP contribution in [0.3, 0.4) is 0 Å². The van der Waals surface area contributed by atoms with Gasteiger partial charge in [0, 0.05) is 24.5 Å². The summed E-state index contributed by atoms with van der Waals surface area (Å²) in [5.74, 6) is 0.209. The van der Waals surface area contributed by atoms with Crippen LogP contribution in [0.2, 0.25) is 5.02 Å². The number of nitrogens with zero attached hydrogens (tertiary/aromatic N) is 3. The maximum Gasteiger partial charge on any atom is 0.145 e. The number of hydrogen-bond donors (Lipinski definition) is 1. The third-order valence-electron chi connectivity index (χ3n) is 3.29. The number of anilines is 1. The Bertz CT molecular complexity index is 796. The van der Waals surface area contributed by atoms with E-state index in [4.69, 9.17) is 11.6 Å². The lowest BCUT2D eigenvalue weighted by Crippen LogP contribution is -2.07. The number of benzene rings is 1. The minimum Gasteiger partial charge on any atom is -0.368 e. The summed E-state index contributed by atoms with van der Waals surface area (Å²) in [6.07, 6.45) is 7.69. The van der Waals surface area contributed by atoms with Gasteiger partial charge in [-0.2, -0.15) is 0 Å². The Balaban J connectivity index is 1.68. The molecule has 0 amide bonds. The van der Waals surface area contributed by atoms with E-state index in [1.54, 1.807) is 30.7 Å². The predicted molar refractivity (Wildman–Crippen MR) is 88.9 cm³/mol. The number of aromatic nitrogens is 3. The molecule has 0 aliphatic heterocycles. The molecule has 0 atom stereocenters. The van der Waals surface area contributed by atoms with Crippen molar-refractivity contribution >= 4 is 17.4 Å². The zero-order valence-electron chi connectivity index (χ0n) is 12.2. The molecule has 2 heterocycles. The fraction of sp³-hybridized carbons (Fsp3) is 0.118. The van der Waals surface area contributed by atoms with E-state index >= 15 is 0 Å². The lowest BCUT2D eigenvalue weighted by atomic mass is 10.1. The van der Waals surface area contributed by atoms with Crippen LogP contribution in [0.5, 0.6) is 0 Å². The number of nitrogens with one attached hydrogen (secondary N) is 1. The second kappa shape index (κ2) is 7.15. The molecule has 3 aromatic rings. The van der Waals surface area contributed by atoms with Crippen molar-refractivity contribution in [2.24, 2.45) is 0 Å². The second-order valence-electron chi connectivity index (χ2n) is 4.96. The molecule has 0 aliphatic carbocycles. The van der Waals surface area contributed by atoms with Gasteiger partial charge in [-0.1, -0.05) is 17.7 Å². The molecule has 0 radical (unpaired) electrons. The predicted octanol–water partition coefficient (Wildman–Crippen LogP) is 3.99. The van der Waals surface area contributed by atoms with Gasteiger partial charge in [0.2, 0.25) is 0 Å². The fourth-order valence-electron chi connectivity index (χ4n) is 2.13. The summed E-state index contributed by atoms with van der Waals surface area (Å²) in [5.41, 5.74) is 2.51. The van der Waals surface area contributed by atoms with Gasteiger partial charge in [0.25, 0.3) is 0 Å². The highest BCUT2D eigenvalue weighted by molar-refractivity contribution is 6.31. The summed E-state index contributed by atoms with van der Waals surface area (Å²) in [7, 11) is 0. The summed E-state index contributed by atoms with van der Waals surface area (Å²) in [6.45, 7) is 0.716. The number of rotatable bonds is 5. The highest BCUT2D eigenvalue weighted by Crippen LogP contribution is 2.23. The molecule has 116 valence electrons. The lowest BCUT2D eigenvalue weighted by Gasteiger charge is -2.07. The van der Waals surface area contributed by atoms with Crippen LogP contribution in [-0.2, 0) is 6.42 Å². The Morgan fingerprint density at radius 1 is 1.09 bits per heavy atom. The van der Waals surface area contributed by atoms with E-state index in [0.717, 1.165) is 17.5 Å². The molecule has 6 heteroatoms. The third kappa shape index (κ3) is 4.02. The molecule has 1 aromatic carbocycles. The highest BCUT2D eigenvalue weighted by atomic mass is 35.5. The van der Waals surface area contributed by atoms with Crippen molar-refractivity contribution in [3.63, 3.8) is 0 Å². The molecule has 0 saturated carbocycles. The molecule has 2 aromatic heterocycles. The quantitative estimate of drug-likeness (QED) is 0.769. The minimum atomic E-state index is -0.450. The standard InChI is InChI=1S/C17H14ClFN4/c18-14-8-13(3-4-15(14)19)16-10-21-11-17(23-16)22-7-5-12-2-1-6-20-9-12/h1-4,6,8-11H,5,7H2,(H,22,23). The van der Waals surface area contributed by atoms with Gasteiger partial charge in [-0.05, 0) is 36.2 Å². The monoisotopic (exact) mass is 328 g/mol. The summed E-state index contributed by atoms with van der Waals surface area (Å²) < 4.78 is 13.2. The van der Waals surface area contributed by atoms with Gasteiger partial charge in [0.05, 0.1) is 23.1 Å². The first-order valence-electron chi connectivity index (χ1n) is 7.12. The van der Waals surface area contributed by atoms with Gasteiger partial charge in [0.1, 0.15) is 11.6 Å². The average Bonchev–Trinajstić information content (AvgIpc) is 2.59.